The second-order valence-corrected chi connectivity index (χ2v) is 7.03. The maximum Gasteiger partial charge on any atom is 0.162 e. The van der Waals surface area contributed by atoms with Crippen molar-refractivity contribution in [2.75, 3.05) is 0 Å². The van der Waals surface area contributed by atoms with Crippen LogP contribution in [0.2, 0.25) is 0 Å². The number of hydrogen-bond donors (Lipinski definition) is 1. The molecule has 4 nitrogen and oxygen atoms in total. The summed E-state index contributed by atoms with van der Waals surface area (Å²) in [4.78, 5) is 22.6. The van der Waals surface area contributed by atoms with Crippen LogP contribution in [0.4, 0.5) is 0 Å². The number of benzene rings is 1. The van der Waals surface area contributed by atoms with Crippen molar-refractivity contribution in [3.05, 3.63) is 34.4 Å². The Bertz CT molecular complexity index is 715. The third-order valence-electron chi connectivity index (χ3n) is 4.87. The first-order valence-electron chi connectivity index (χ1n) is 8.34. The number of ketones is 2. The van der Waals surface area contributed by atoms with Gasteiger partial charge in [0.2, 0.25) is 0 Å². The van der Waals surface area contributed by atoms with E-state index in [2.05, 4.69) is 0 Å². The van der Waals surface area contributed by atoms with Crippen LogP contribution in [0, 0.1) is 20.8 Å². The zero-order valence-electron chi connectivity index (χ0n) is 15.2. The minimum Gasteiger partial charge on any atom is -0.507 e. The summed E-state index contributed by atoms with van der Waals surface area (Å²) in [5.74, 6) is 0.920. The highest BCUT2D eigenvalue weighted by molar-refractivity contribution is 6.03. The number of ether oxygens (including phenoxy) is 1. The molecule has 1 aromatic rings. The Hall–Kier alpha value is -2.10. The third kappa shape index (κ3) is 3.69. The average molecular weight is 330 g/mol. The molecule has 0 aromatic heterocycles. The van der Waals surface area contributed by atoms with Gasteiger partial charge < -0.3 is 9.84 Å². The van der Waals surface area contributed by atoms with Crippen LogP contribution in [0.25, 0.3) is 0 Å². The van der Waals surface area contributed by atoms with Gasteiger partial charge in [-0.25, -0.2) is 0 Å². The van der Waals surface area contributed by atoms with Gasteiger partial charge in [-0.05, 0) is 70.2 Å². The quantitative estimate of drug-likeness (QED) is 0.657. The van der Waals surface area contributed by atoms with Gasteiger partial charge in [0.15, 0.2) is 5.78 Å². The Kier molecular flexibility index (Phi) is 5.16. The highest BCUT2D eigenvalue weighted by Crippen LogP contribution is 2.44. The van der Waals surface area contributed by atoms with E-state index in [0.29, 0.717) is 12.2 Å². The summed E-state index contributed by atoms with van der Waals surface area (Å²) in [5.41, 5.74) is 3.39. The average Bonchev–Trinajstić information content (AvgIpc) is 2.50. The summed E-state index contributed by atoms with van der Waals surface area (Å²) in [5, 5.41) is 10.2. The fourth-order valence-electron chi connectivity index (χ4n) is 3.18. The Balaban J connectivity index is 2.18. The van der Waals surface area contributed by atoms with Crippen molar-refractivity contribution in [1.29, 1.82) is 0 Å². The lowest BCUT2D eigenvalue weighted by atomic mass is 9.85. The first-order chi connectivity index (χ1) is 11.1. The summed E-state index contributed by atoms with van der Waals surface area (Å²) in [6.07, 6.45) is 5.48. The first-order valence-corrected chi connectivity index (χ1v) is 8.34. The molecule has 1 aromatic carbocycles. The number of hydrogen-bond acceptors (Lipinski definition) is 4. The molecule has 1 N–H and O–H groups in total. The van der Waals surface area contributed by atoms with E-state index in [9.17, 15) is 14.7 Å². The fourth-order valence-corrected chi connectivity index (χ4v) is 3.18. The number of aromatic hydroxyl groups is 1. The molecule has 4 heteroatoms. The molecule has 1 atom stereocenters. The Labute approximate surface area is 143 Å². The van der Waals surface area contributed by atoms with Crippen LogP contribution in [0.15, 0.2) is 12.2 Å². The van der Waals surface area contributed by atoms with Crippen LogP contribution >= 0.6 is 0 Å². The summed E-state index contributed by atoms with van der Waals surface area (Å²) in [6, 6.07) is 0. The number of phenols is 1. The lowest BCUT2D eigenvalue weighted by molar-refractivity contribution is -0.123. The van der Waals surface area contributed by atoms with Crippen LogP contribution < -0.4 is 4.74 Å². The topological polar surface area (TPSA) is 63.6 Å². The summed E-state index contributed by atoms with van der Waals surface area (Å²) in [7, 11) is 0. The van der Waals surface area contributed by atoms with Crippen molar-refractivity contribution >= 4 is 11.6 Å². The standard InChI is InChI=1S/C20H26O4/c1-12(21)11-16(22)7-6-9-20(5)10-8-17-15(4)18(23)13(2)14(3)19(17)24-20/h6-7,23H,8-11H2,1-5H3/b7-6+. The molecule has 24 heavy (non-hydrogen) atoms. The highest BCUT2D eigenvalue weighted by atomic mass is 16.5. The first kappa shape index (κ1) is 18.2. The number of phenolic OH excluding ortho intramolecular Hbond substituents is 1. The van der Waals surface area contributed by atoms with E-state index < -0.39 is 0 Å². The number of carbonyl (C=O) groups excluding carboxylic acids is 2. The maximum absolute atomic E-state index is 11.6. The van der Waals surface area contributed by atoms with Gasteiger partial charge in [-0.15, -0.1) is 0 Å². The van der Waals surface area contributed by atoms with Crippen LogP contribution in [-0.2, 0) is 16.0 Å². The third-order valence-corrected chi connectivity index (χ3v) is 4.87. The number of carbonyl (C=O) groups is 2. The molecule has 130 valence electrons. The molecule has 0 saturated heterocycles. The van der Waals surface area contributed by atoms with Crippen molar-refractivity contribution in [1.82, 2.24) is 0 Å². The smallest absolute Gasteiger partial charge is 0.162 e. The Morgan fingerprint density at radius 2 is 1.88 bits per heavy atom. The summed E-state index contributed by atoms with van der Waals surface area (Å²) < 4.78 is 6.29. The van der Waals surface area contributed by atoms with Crippen LogP contribution in [0.3, 0.4) is 0 Å². The van der Waals surface area contributed by atoms with Gasteiger partial charge in [-0.3, -0.25) is 9.59 Å². The van der Waals surface area contributed by atoms with Crippen LogP contribution in [0.1, 0.15) is 55.4 Å². The molecule has 0 spiro atoms. The van der Waals surface area contributed by atoms with Crippen molar-refractivity contribution in [2.45, 2.75) is 65.9 Å². The molecule has 0 bridgehead atoms. The van der Waals surface area contributed by atoms with Gasteiger partial charge in [0.1, 0.15) is 22.9 Å². The monoisotopic (exact) mass is 330 g/mol. The minimum atomic E-state index is -0.388. The molecule has 1 heterocycles. The predicted molar refractivity (Wildman–Crippen MR) is 93.7 cm³/mol. The van der Waals surface area contributed by atoms with Gasteiger partial charge in [-0.2, -0.15) is 0 Å². The highest BCUT2D eigenvalue weighted by Gasteiger charge is 2.33. The molecule has 0 saturated carbocycles. The van der Waals surface area contributed by atoms with Crippen molar-refractivity contribution in [3.63, 3.8) is 0 Å². The van der Waals surface area contributed by atoms with Gasteiger partial charge in [0, 0.05) is 12.0 Å². The maximum atomic E-state index is 11.6. The molecule has 2 rings (SSSR count). The summed E-state index contributed by atoms with van der Waals surface area (Å²) in [6.45, 7) is 9.23. The van der Waals surface area contributed by atoms with Gasteiger partial charge in [0.05, 0.1) is 6.42 Å². The second kappa shape index (κ2) is 6.80. The van der Waals surface area contributed by atoms with Crippen molar-refractivity contribution in [3.8, 4) is 11.5 Å². The zero-order valence-corrected chi connectivity index (χ0v) is 15.2. The molecule has 0 radical (unpaired) electrons. The van der Waals surface area contributed by atoms with Crippen LogP contribution in [0.5, 0.6) is 11.5 Å². The molecular formula is C20H26O4. The Morgan fingerprint density at radius 3 is 2.50 bits per heavy atom. The predicted octanol–water partition coefficient (Wildman–Crippen LogP) is 3.90. The molecule has 0 fully saturated rings. The van der Waals surface area contributed by atoms with E-state index in [1.54, 1.807) is 6.08 Å². The molecular weight excluding hydrogens is 304 g/mol. The number of fused-ring (bicyclic) bond motifs is 1. The van der Waals surface area contributed by atoms with E-state index in [1.807, 2.05) is 27.7 Å². The van der Waals surface area contributed by atoms with Gasteiger partial charge >= 0.3 is 0 Å². The van der Waals surface area contributed by atoms with E-state index in [-0.39, 0.29) is 23.6 Å². The zero-order chi connectivity index (χ0) is 18.1. The largest absolute Gasteiger partial charge is 0.507 e. The number of allylic oxidation sites excluding steroid dienone is 1. The van der Waals surface area contributed by atoms with Crippen molar-refractivity contribution < 1.29 is 19.4 Å². The molecule has 0 aliphatic carbocycles. The van der Waals surface area contributed by atoms with Gasteiger partial charge in [-0.1, -0.05) is 6.08 Å². The van der Waals surface area contributed by atoms with E-state index in [0.717, 1.165) is 40.8 Å². The Morgan fingerprint density at radius 1 is 1.21 bits per heavy atom. The SMILES string of the molecule is CC(=O)CC(=O)/C=C/CC1(C)CCc2c(C)c(O)c(C)c(C)c2O1. The molecule has 1 unspecified atom stereocenters. The molecule has 0 amide bonds. The van der Waals surface area contributed by atoms with Crippen LogP contribution in [-0.4, -0.2) is 22.3 Å². The number of rotatable bonds is 5. The number of Topliss-reactive ketones (excluding diaryl/α,β-unsaturated/α-hetero) is 1. The normalized spacial score (nSPS) is 19.9. The minimum absolute atomic E-state index is 0.0479. The summed E-state index contributed by atoms with van der Waals surface area (Å²) >= 11 is 0. The van der Waals surface area contributed by atoms with E-state index in [4.69, 9.17) is 4.74 Å². The van der Waals surface area contributed by atoms with E-state index in [1.165, 1.54) is 13.0 Å². The lowest BCUT2D eigenvalue weighted by Gasteiger charge is -2.37. The van der Waals surface area contributed by atoms with Gasteiger partial charge in [0.25, 0.3) is 0 Å². The fraction of sp³-hybridized carbons (Fsp3) is 0.500. The molecule has 1 aliphatic heterocycles. The lowest BCUT2D eigenvalue weighted by Crippen LogP contribution is -2.36. The van der Waals surface area contributed by atoms with Crippen molar-refractivity contribution in [2.24, 2.45) is 0 Å². The van der Waals surface area contributed by atoms with E-state index >= 15 is 0 Å². The second-order valence-electron chi connectivity index (χ2n) is 7.03. The molecule has 1 aliphatic rings.